The fourth-order valence-corrected chi connectivity index (χ4v) is 1.85. The van der Waals surface area contributed by atoms with Gasteiger partial charge in [0, 0.05) is 6.04 Å². The highest BCUT2D eigenvalue weighted by molar-refractivity contribution is 5.75. The number of carbonyl (C=O) groups excluding carboxylic acids is 1. The van der Waals surface area contributed by atoms with E-state index in [1.165, 1.54) is 6.42 Å². The molecule has 0 spiro atoms. The third-order valence-electron chi connectivity index (χ3n) is 3.35. The molecule has 4 nitrogen and oxygen atoms in total. The van der Waals surface area contributed by atoms with Crippen molar-refractivity contribution < 1.29 is 9.90 Å². The van der Waals surface area contributed by atoms with Gasteiger partial charge in [-0.2, -0.15) is 0 Å². The largest absolute Gasteiger partial charge is 0.386 e. The highest BCUT2D eigenvalue weighted by Crippen LogP contribution is 2.25. The molecule has 0 bridgehead atoms. The number of β-amino-alcohol motifs (C(OH)–C–C–N with tert-alkyl or cyclic N) is 1. The van der Waals surface area contributed by atoms with E-state index in [4.69, 9.17) is 0 Å². The molecule has 1 saturated heterocycles. The summed E-state index contributed by atoms with van der Waals surface area (Å²) in [6, 6.07) is 0.380. The minimum Gasteiger partial charge on any atom is -0.386 e. The molecular formula is C10H18N2O2. The van der Waals surface area contributed by atoms with Crippen LogP contribution in [-0.2, 0) is 0 Å². The lowest BCUT2D eigenvalue weighted by molar-refractivity contribution is -0.0784. The number of aliphatic hydroxyl groups is 1. The van der Waals surface area contributed by atoms with Gasteiger partial charge in [0.1, 0.15) is 0 Å². The van der Waals surface area contributed by atoms with E-state index in [1.807, 2.05) is 6.92 Å². The molecule has 14 heavy (non-hydrogen) atoms. The van der Waals surface area contributed by atoms with E-state index in [-0.39, 0.29) is 6.03 Å². The van der Waals surface area contributed by atoms with Gasteiger partial charge in [-0.05, 0) is 25.7 Å². The molecule has 2 rings (SSSR count). The van der Waals surface area contributed by atoms with Crippen molar-refractivity contribution in [2.75, 3.05) is 13.1 Å². The highest BCUT2D eigenvalue weighted by Gasteiger charge is 2.42. The first-order valence-corrected chi connectivity index (χ1v) is 5.41. The Labute approximate surface area is 84.3 Å². The van der Waals surface area contributed by atoms with E-state index < -0.39 is 5.60 Å². The van der Waals surface area contributed by atoms with E-state index in [0.29, 0.717) is 19.1 Å². The number of likely N-dealkylation sites (tertiary alicyclic amines) is 1. The van der Waals surface area contributed by atoms with Crippen LogP contribution in [0.5, 0.6) is 0 Å². The number of amides is 2. The molecule has 4 heteroatoms. The molecule has 80 valence electrons. The van der Waals surface area contributed by atoms with Crippen molar-refractivity contribution in [3.05, 3.63) is 0 Å². The van der Waals surface area contributed by atoms with Crippen molar-refractivity contribution in [2.45, 2.75) is 44.2 Å². The predicted octanol–water partition coefficient (Wildman–Crippen LogP) is 0.705. The lowest BCUT2D eigenvalue weighted by Crippen LogP contribution is -2.66. The number of hydrogen-bond acceptors (Lipinski definition) is 2. The Bertz CT molecular complexity index is 232. The average Bonchev–Trinajstić information content (AvgIpc) is 2.05. The van der Waals surface area contributed by atoms with Gasteiger partial charge in [0.25, 0.3) is 0 Å². The summed E-state index contributed by atoms with van der Waals surface area (Å²) in [6.07, 6.45) is 4.17. The zero-order chi connectivity index (χ0) is 10.2. The molecule has 2 fully saturated rings. The fourth-order valence-electron chi connectivity index (χ4n) is 1.85. The minimum absolute atomic E-state index is 0.00664. The summed E-state index contributed by atoms with van der Waals surface area (Å²) in [7, 11) is 0. The second kappa shape index (κ2) is 3.42. The van der Waals surface area contributed by atoms with Crippen LogP contribution in [0, 0.1) is 0 Å². The van der Waals surface area contributed by atoms with E-state index >= 15 is 0 Å². The Kier molecular flexibility index (Phi) is 2.39. The molecule has 2 amide bonds. The minimum atomic E-state index is -0.614. The van der Waals surface area contributed by atoms with Gasteiger partial charge in [-0.3, -0.25) is 0 Å². The van der Waals surface area contributed by atoms with Gasteiger partial charge in [0.05, 0.1) is 18.7 Å². The van der Waals surface area contributed by atoms with Crippen molar-refractivity contribution >= 4 is 6.03 Å². The van der Waals surface area contributed by atoms with Crippen molar-refractivity contribution in [1.29, 1.82) is 0 Å². The first kappa shape index (κ1) is 9.77. The summed E-state index contributed by atoms with van der Waals surface area (Å²) < 4.78 is 0. The second-order valence-corrected chi connectivity index (χ2v) is 4.51. The molecule has 0 aromatic heterocycles. The monoisotopic (exact) mass is 198 g/mol. The van der Waals surface area contributed by atoms with Crippen LogP contribution in [0.3, 0.4) is 0 Å². The van der Waals surface area contributed by atoms with Crippen molar-refractivity contribution in [1.82, 2.24) is 10.2 Å². The molecule has 1 saturated carbocycles. The Morgan fingerprint density at radius 2 is 2.21 bits per heavy atom. The van der Waals surface area contributed by atoms with Crippen LogP contribution >= 0.6 is 0 Å². The molecule has 0 unspecified atom stereocenters. The van der Waals surface area contributed by atoms with E-state index in [1.54, 1.807) is 4.90 Å². The van der Waals surface area contributed by atoms with Crippen molar-refractivity contribution in [3.8, 4) is 0 Å². The molecule has 1 aliphatic heterocycles. The fraction of sp³-hybridized carbons (Fsp3) is 0.900. The molecule has 0 aromatic rings. The third kappa shape index (κ3) is 1.71. The summed E-state index contributed by atoms with van der Waals surface area (Å²) in [5.41, 5.74) is -0.614. The van der Waals surface area contributed by atoms with Crippen LogP contribution in [0.25, 0.3) is 0 Å². The number of urea groups is 1. The molecule has 2 N–H and O–H groups in total. The van der Waals surface area contributed by atoms with Crippen LogP contribution in [0.2, 0.25) is 0 Å². The van der Waals surface area contributed by atoms with Gasteiger partial charge < -0.3 is 15.3 Å². The van der Waals surface area contributed by atoms with Crippen molar-refractivity contribution in [3.63, 3.8) is 0 Å². The standard InChI is InChI=1S/C10H18N2O2/c1-2-10(14)6-12(7-10)9(13)11-8-4-3-5-8/h8,14H,2-7H2,1H3,(H,11,13). The number of nitrogens with zero attached hydrogens (tertiary/aromatic N) is 1. The maximum absolute atomic E-state index is 11.5. The first-order valence-electron chi connectivity index (χ1n) is 5.41. The van der Waals surface area contributed by atoms with Crippen LogP contribution in [0.4, 0.5) is 4.79 Å². The van der Waals surface area contributed by atoms with Gasteiger partial charge in [-0.15, -0.1) is 0 Å². The van der Waals surface area contributed by atoms with Crippen LogP contribution in [0.15, 0.2) is 0 Å². The molecule has 1 aliphatic carbocycles. The number of carbonyl (C=O) groups is 1. The lowest BCUT2D eigenvalue weighted by Gasteiger charge is -2.46. The maximum atomic E-state index is 11.5. The smallest absolute Gasteiger partial charge is 0.317 e. The summed E-state index contributed by atoms with van der Waals surface area (Å²) in [4.78, 5) is 13.2. The second-order valence-electron chi connectivity index (χ2n) is 4.51. The molecule has 0 radical (unpaired) electrons. The molecule has 1 heterocycles. The van der Waals surface area contributed by atoms with Gasteiger partial charge in [0.15, 0.2) is 0 Å². The van der Waals surface area contributed by atoms with Crippen LogP contribution in [-0.4, -0.2) is 40.8 Å². The molecule has 2 aliphatic rings. The van der Waals surface area contributed by atoms with Gasteiger partial charge in [-0.1, -0.05) is 6.92 Å². The summed E-state index contributed by atoms with van der Waals surface area (Å²) in [5.74, 6) is 0. The molecular weight excluding hydrogens is 180 g/mol. The normalized spacial score (nSPS) is 25.1. The van der Waals surface area contributed by atoms with E-state index in [2.05, 4.69) is 5.32 Å². The van der Waals surface area contributed by atoms with Crippen molar-refractivity contribution in [2.24, 2.45) is 0 Å². The Hall–Kier alpha value is -0.770. The Morgan fingerprint density at radius 1 is 1.57 bits per heavy atom. The molecule has 0 aromatic carbocycles. The van der Waals surface area contributed by atoms with Crippen LogP contribution in [0.1, 0.15) is 32.6 Å². The quantitative estimate of drug-likeness (QED) is 0.686. The van der Waals surface area contributed by atoms with Gasteiger partial charge in [0.2, 0.25) is 0 Å². The zero-order valence-electron chi connectivity index (χ0n) is 8.62. The summed E-state index contributed by atoms with van der Waals surface area (Å²) >= 11 is 0. The first-order chi connectivity index (χ1) is 6.63. The molecule has 0 atom stereocenters. The number of nitrogens with one attached hydrogen (secondary N) is 1. The Morgan fingerprint density at radius 3 is 2.64 bits per heavy atom. The highest BCUT2D eigenvalue weighted by atomic mass is 16.3. The SMILES string of the molecule is CCC1(O)CN(C(=O)NC2CCC2)C1. The van der Waals surface area contributed by atoms with Gasteiger partial charge >= 0.3 is 6.03 Å². The summed E-state index contributed by atoms with van der Waals surface area (Å²) in [5, 5.41) is 12.7. The third-order valence-corrected chi connectivity index (χ3v) is 3.35. The Balaban J connectivity index is 1.73. The topological polar surface area (TPSA) is 52.6 Å². The van der Waals surface area contributed by atoms with Gasteiger partial charge in [-0.25, -0.2) is 4.79 Å². The predicted molar refractivity (Wildman–Crippen MR) is 53.0 cm³/mol. The number of rotatable bonds is 2. The average molecular weight is 198 g/mol. The maximum Gasteiger partial charge on any atom is 0.317 e. The lowest BCUT2D eigenvalue weighted by atomic mass is 9.91. The van der Waals surface area contributed by atoms with E-state index in [9.17, 15) is 9.90 Å². The van der Waals surface area contributed by atoms with E-state index in [0.717, 1.165) is 19.3 Å². The zero-order valence-corrected chi connectivity index (χ0v) is 8.62. The van der Waals surface area contributed by atoms with Crippen LogP contribution < -0.4 is 5.32 Å². The number of hydrogen-bond donors (Lipinski definition) is 2. The summed E-state index contributed by atoms with van der Waals surface area (Å²) in [6.45, 7) is 2.92.